The van der Waals surface area contributed by atoms with Crippen LogP contribution in [0.15, 0.2) is 28.0 Å². The van der Waals surface area contributed by atoms with E-state index < -0.39 is 10.0 Å². The third-order valence-corrected chi connectivity index (χ3v) is 5.32. The molecule has 2 rings (SSSR count). The van der Waals surface area contributed by atoms with Crippen LogP contribution >= 0.6 is 0 Å². The van der Waals surface area contributed by atoms with E-state index in [9.17, 15) is 18.3 Å². The van der Waals surface area contributed by atoms with Crippen LogP contribution in [0.2, 0.25) is 0 Å². The summed E-state index contributed by atoms with van der Waals surface area (Å²) in [7, 11) is -3.61. The van der Waals surface area contributed by atoms with Crippen LogP contribution in [0.4, 0.5) is 0 Å². The van der Waals surface area contributed by atoms with E-state index in [4.69, 9.17) is 0 Å². The number of hydrogen-bond donors (Lipinski definition) is 3. The zero-order valence-electron chi connectivity index (χ0n) is 11.2. The lowest BCUT2D eigenvalue weighted by molar-refractivity contribution is 0.136. The minimum atomic E-state index is -3.61. The van der Waals surface area contributed by atoms with Gasteiger partial charge in [-0.2, -0.15) is 0 Å². The highest BCUT2D eigenvalue weighted by atomic mass is 32.2. The van der Waals surface area contributed by atoms with E-state index in [0.29, 0.717) is 6.54 Å². The predicted molar refractivity (Wildman–Crippen MR) is 74.8 cm³/mol. The van der Waals surface area contributed by atoms with E-state index in [-0.39, 0.29) is 28.9 Å². The highest BCUT2D eigenvalue weighted by Gasteiger charge is 2.26. The molecule has 1 aliphatic carbocycles. The highest BCUT2D eigenvalue weighted by molar-refractivity contribution is 7.89. The van der Waals surface area contributed by atoms with Crippen molar-refractivity contribution in [2.45, 2.75) is 30.6 Å². The van der Waals surface area contributed by atoms with Crippen LogP contribution < -0.4 is 10.3 Å². The second kappa shape index (κ2) is 6.51. The zero-order valence-corrected chi connectivity index (χ0v) is 12.0. The first-order valence-electron chi connectivity index (χ1n) is 6.82. The number of aromatic nitrogens is 1. The number of pyridine rings is 1. The molecule has 1 saturated carbocycles. The van der Waals surface area contributed by atoms with Gasteiger partial charge in [-0.1, -0.05) is 12.8 Å². The minimum absolute atomic E-state index is 0.0495. The topological polar surface area (TPSA) is 99.3 Å². The minimum Gasteiger partial charge on any atom is -0.396 e. The number of aliphatic hydroxyl groups excluding tert-OH is 1. The van der Waals surface area contributed by atoms with E-state index >= 15 is 0 Å². The van der Waals surface area contributed by atoms with Crippen LogP contribution in [0.5, 0.6) is 0 Å². The Morgan fingerprint density at radius 3 is 2.55 bits per heavy atom. The van der Waals surface area contributed by atoms with Crippen LogP contribution in [-0.4, -0.2) is 31.7 Å². The van der Waals surface area contributed by atoms with Crippen molar-refractivity contribution in [3.8, 4) is 0 Å². The van der Waals surface area contributed by atoms with Gasteiger partial charge in [0, 0.05) is 25.4 Å². The standard InChI is InChI=1S/C13H20N2O4S/c16-9-11-4-2-1-3-10(11)7-15-20(18,19)12-5-6-13(17)14-8-12/h5-6,8,10-11,15-16H,1-4,7,9H2,(H,14,17). The SMILES string of the molecule is O=c1ccc(S(=O)(=O)NCC2CCCCC2CO)c[nH]1. The van der Waals surface area contributed by atoms with Gasteiger partial charge in [-0.3, -0.25) is 4.79 Å². The van der Waals surface area contributed by atoms with Gasteiger partial charge in [-0.05, 0) is 30.7 Å². The summed E-state index contributed by atoms with van der Waals surface area (Å²) in [6.45, 7) is 0.428. The normalized spacial score (nSPS) is 23.6. The second-order valence-electron chi connectivity index (χ2n) is 5.23. The summed E-state index contributed by atoms with van der Waals surface area (Å²) in [6, 6.07) is 2.47. The summed E-state index contributed by atoms with van der Waals surface area (Å²) in [4.78, 5) is 13.3. The van der Waals surface area contributed by atoms with E-state index in [1.165, 1.54) is 18.3 Å². The van der Waals surface area contributed by atoms with Crippen LogP contribution in [-0.2, 0) is 10.0 Å². The molecule has 20 heavy (non-hydrogen) atoms. The average molecular weight is 300 g/mol. The van der Waals surface area contributed by atoms with Gasteiger partial charge in [0.05, 0.1) is 4.90 Å². The largest absolute Gasteiger partial charge is 0.396 e. The molecule has 1 aromatic heterocycles. The molecule has 1 aromatic rings. The lowest BCUT2D eigenvalue weighted by Crippen LogP contribution is -2.35. The van der Waals surface area contributed by atoms with Crippen molar-refractivity contribution in [3.63, 3.8) is 0 Å². The molecule has 0 aliphatic heterocycles. The molecule has 0 spiro atoms. The van der Waals surface area contributed by atoms with Gasteiger partial charge in [0.15, 0.2) is 0 Å². The van der Waals surface area contributed by atoms with E-state index in [0.717, 1.165) is 25.7 Å². The molecule has 1 fully saturated rings. The number of H-pyrrole nitrogens is 1. The molecule has 0 radical (unpaired) electrons. The van der Waals surface area contributed by atoms with Crippen molar-refractivity contribution < 1.29 is 13.5 Å². The molecule has 3 N–H and O–H groups in total. The smallest absolute Gasteiger partial charge is 0.247 e. The Labute approximate surface area is 118 Å². The predicted octanol–water partition coefficient (Wildman–Crippen LogP) is 0.452. The Balaban J connectivity index is 2.01. The summed E-state index contributed by atoms with van der Waals surface area (Å²) in [6.07, 6.45) is 5.23. The van der Waals surface area contributed by atoms with Crippen molar-refractivity contribution in [3.05, 3.63) is 28.7 Å². The number of rotatable bonds is 5. The van der Waals surface area contributed by atoms with Gasteiger partial charge in [0.25, 0.3) is 0 Å². The molecule has 0 saturated heterocycles. The summed E-state index contributed by atoms with van der Waals surface area (Å²) < 4.78 is 26.7. The summed E-state index contributed by atoms with van der Waals surface area (Å²) in [5.74, 6) is 0.341. The number of sulfonamides is 1. The molecule has 0 aromatic carbocycles. The van der Waals surface area contributed by atoms with Crippen molar-refractivity contribution >= 4 is 10.0 Å². The van der Waals surface area contributed by atoms with Crippen LogP contribution in [0, 0.1) is 11.8 Å². The van der Waals surface area contributed by atoms with Crippen LogP contribution in [0.1, 0.15) is 25.7 Å². The van der Waals surface area contributed by atoms with Gasteiger partial charge in [0.1, 0.15) is 0 Å². The first kappa shape index (κ1) is 15.2. The summed E-state index contributed by atoms with van der Waals surface area (Å²) in [5, 5.41) is 9.32. The van der Waals surface area contributed by atoms with Crippen molar-refractivity contribution in [1.29, 1.82) is 0 Å². The van der Waals surface area contributed by atoms with E-state index in [1.807, 2.05) is 0 Å². The lowest BCUT2D eigenvalue weighted by Gasteiger charge is -2.30. The molecule has 1 aliphatic rings. The third-order valence-electron chi connectivity index (χ3n) is 3.90. The molecule has 1 heterocycles. The molecule has 0 amide bonds. The fourth-order valence-electron chi connectivity index (χ4n) is 2.66. The Kier molecular flexibility index (Phi) is 4.95. The average Bonchev–Trinajstić information content (AvgIpc) is 2.46. The molecule has 6 nitrogen and oxygen atoms in total. The molecule has 2 unspecified atom stereocenters. The number of nitrogens with one attached hydrogen (secondary N) is 2. The Hall–Kier alpha value is -1.18. The Morgan fingerprint density at radius 2 is 1.95 bits per heavy atom. The van der Waals surface area contributed by atoms with Crippen LogP contribution in [0.25, 0.3) is 0 Å². The highest BCUT2D eigenvalue weighted by Crippen LogP contribution is 2.29. The van der Waals surface area contributed by atoms with Crippen molar-refractivity contribution in [1.82, 2.24) is 9.71 Å². The van der Waals surface area contributed by atoms with Crippen molar-refractivity contribution in [2.75, 3.05) is 13.2 Å². The number of hydrogen-bond acceptors (Lipinski definition) is 4. The fraction of sp³-hybridized carbons (Fsp3) is 0.615. The molecule has 112 valence electrons. The van der Waals surface area contributed by atoms with E-state index in [1.54, 1.807) is 0 Å². The maximum Gasteiger partial charge on any atom is 0.247 e. The number of aromatic amines is 1. The monoisotopic (exact) mass is 300 g/mol. The quantitative estimate of drug-likeness (QED) is 0.735. The second-order valence-corrected chi connectivity index (χ2v) is 6.99. The molecule has 7 heteroatoms. The van der Waals surface area contributed by atoms with E-state index in [2.05, 4.69) is 9.71 Å². The zero-order chi connectivity index (χ0) is 14.6. The van der Waals surface area contributed by atoms with Gasteiger partial charge >= 0.3 is 0 Å². The van der Waals surface area contributed by atoms with Gasteiger partial charge in [-0.25, -0.2) is 13.1 Å². The van der Waals surface area contributed by atoms with Gasteiger partial charge in [0.2, 0.25) is 15.6 Å². The van der Waals surface area contributed by atoms with Gasteiger partial charge in [-0.15, -0.1) is 0 Å². The summed E-state index contributed by atoms with van der Waals surface area (Å²) in [5.41, 5.74) is -0.337. The molecular weight excluding hydrogens is 280 g/mol. The number of aliphatic hydroxyl groups is 1. The lowest BCUT2D eigenvalue weighted by atomic mass is 9.80. The van der Waals surface area contributed by atoms with Gasteiger partial charge < -0.3 is 10.1 Å². The van der Waals surface area contributed by atoms with Crippen LogP contribution in [0.3, 0.4) is 0 Å². The molecule has 2 atom stereocenters. The molecular formula is C13H20N2O4S. The maximum atomic E-state index is 12.1. The first-order chi connectivity index (χ1) is 9.53. The Bertz CT molecular complexity index is 576. The first-order valence-corrected chi connectivity index (χ1v) is 8.30. The Morgan fingerprint density at radius 1 is 1.25 bits per heavy atom. The third kappa shape index (κ3) is 3.68. The van der Waals surface area contributed by atoms with Crippen molar-refractivity contribution in [2.24, 2.45) is 11.8 Å². The molecule has 0 bridgehead atoms. The maximum absolute atomic E-state index is 12.1. The fourth-order valence-corrected chi connectivity index (χ4v) is 3.72. The summed E-state index contributed by atoms with van der Waals surface area (Å²) >= 11 is 0.